The Morgan fingerprint density at radius 2 is 1.85 bits per heavy atom. The third kappa shape index (κ3) is 4.26. The molecule has 3 aliphatic carbocycles. The monoisotopic (exact) mass is 619 g/mol. The summed E-state index contributed by atoms with van der Waals surface area (Å²) in [6.07, 6.45) is 16.1. The minimum atomic E-state index is -0.441. The first-order valence-corrected chi connectivity index (χ1v) is 17.4. The zero-order chi connectivity index (χ0) is 31.2. The molecule has 46 heavy (non-hydrogen) atoms. The second kappa shape index (κ2) is 10.6. The van der Waals surface area contributed by atoms with Crippen molar-refractivity contribution in [3.63, 3.8) is 0 Å². The maximum Gasteiger partial charge on any atom is 0.237 e. The summed E-state index contributed by atoms with van der Waals surface area (Å²) in [6.45, 7) is 5.44. The van der Waals surface area contributed by atoms with Crippen LogP contribution in [0.1, 0.15) is 89.7 Å². The average Bonchev–Trinajstić information content (AvgIpc) is 3.83. The van der Waals surface area contributed by atoms with Gasteiger partial charge in [0.15, 0.2) is 11.6 Å². The van der Waals surface area contributed by atoms with Crippen molar-refractivity contribution in [3.8, 4) is 11.3 Å². The highest BCUT2D eigenvalue weighted by Crippen LogP contribution is 2.54. The average molecular weight is 620 g/mol. The molecule has 2 bridgehead atoms. The fourth-order valence-electron chi connectivity index (χ4n) is 9.49. The van der Waals surface area contributed by atoms with Crippen LogP contribution in [0.2, 0.25) is 0 Å². The number of hydrogen-bond acceptors (Lipinski definition) is 6. The lowest BCUT2D eigenvalue weighted by molar-refractivity contribution is -0.125. The zero-order valence-corrected chi connectivity index (χ0v) is 26.8. The number of nitrogens with zero attached hydrogens (tertiary/aromatic N) is 6. The van der Waals surface area contributed by atoms with E-state index in [1.807, 2.05) is 12.4 Å². The SMILES string of the molecule is CC(C)n1cnc2cc(-c3ccc4c(c3)N(C3CC(N5C[C@H]6CC[C@@H]5C6)C3)C(=O)C43CCCCC3)nc(Nc3ccncc3F)c21. The predicted molar refractivity (Wildman–Crippen MR) is 178 cm³/mol. The number of imidazole rings is 1. The maximum absolute atomic E-state index is 14.8. The lowest BCUT2D eigenvalue weighted by Crippen LogP contribution is -2.58. The Morgan fingerprint density at radius 1 is 1.00 bits per heavy atom. The predicted octanol–water partition coefficient (Wildman–Crippen LogP) is 7.52. The van der Waals surface area contributed by atoms with E-state index in [2.05, 4.69) is 56.7 Å². The Kier molecular flexibility index (Phi) is 6.53. The summed E-state index contributed by atoms with van der Waals surface area (Å²) in [6, 6.07) is 11.9. The van der Waals surface area contributed by atoms with Crippen molar-refractivity contribution < 1.29 is 9.18 Å². The van der Waals surface area contributed by atoms with Gasteiger partial charge in [-0.3, -0.25) is 14.7 Å². The van der Waals surface area contributed by atoms with Gasteiger partial charge in [-0.1, -0.05) is 31.4 Å². The highest BCUT2D eigenvalue weighted by atomic mass is 19.1. The molecular weight excluding hydrogens is 577 g/mol. The summed E-state index contributed by atoms with van der Waals surface area (Å²) >= 11 is 0. The number of hydrogen-bond donors (Lipinski definition) is 1. The molecule has 3 saturated carbocycles. The second-order valence-electron chi connectivity index (χ2n) is 14.8. The van der Waals surface area contributed by atoms with Crippen LogP contribution in [-0.4, -0.2) is 55.0 Å². The molecule has 0 radical (unpaired) electrons. The van der Waals surface area contributed by atoms with Crippen LogP contribution in [0.5, 0.6) is 0 Å². The largest absolute Gasteiger partial charge is 0.336 e. The first-order valence-electron chi connectivity index (χ1n) is 17.4. The summed E-state index contributed by atoms with van der Waals surface area (Å²) in [5.41, 5.74) is 5.48. The van der Waals surface area contributed by atoms with Gasteiger partial charge in [0.1, 0.15) is 5.52 Å². The van der Waals surface area contributed by atoms with Crippen molar-refractivity contribution in [3.05, 3.63) is 60.4 Å². The number of rotatable bonds is 6. The summed E-state index contributed by atoms with van der Waals surface area (Å²) in [7, 11) is 0. The molecule has 2 atom stereocenters. The van der Waals surface area contributed by atoms with Crippen LogP contribution in [0.15, 0.2) is 49.1 Å². The molecule has 5 aliphatic rings. The van der Waals surface area contributed by atoms with Gasteiger partial charge < -0.3 is 14.8 Å². The van der Waals surface area contributed by atoms with Crippen molar-refractivity contribution >= 4 is 34.1 Å². The van der Waals surface area contributed by atoms with E-state index in [-0.39, 0.29) is 12.1 Å². The topological polar surface area (TPSA) is 79.2 Å². The molecule has 1 amide bonds. The highest BCUT2D eigenvalue weighted by molar-refractivity contribution is 6.09. The molecule has 238 valence electrons. The number of amides is 1. The molecule has 3 aromatic heterocycles. The van der Waals surface area contributed by atoms with Gasteiger partial charge >= 0.3 is 0 Å². The minimum absolute atomic E-state index is 0.147. The highest BCUT2D eigenvalue weighted by Gasteiger charge is 2.55. The van der Waals surface area contributed by atoms with Crippen LogP contribution >= 0.6 is 0 Å². The Bertz CT molecular complexity index is 1840. The molecule has 5 heterocycles. The maximum atomic E-state index is 14.8. The van der Waals surface area contributed by atoms with E-state index in [0.717, 1.165) is 78.5 Å². The number of pyridine rings is 2. The first kappa shape index (κ1) is 28.4. The van der Waals surface area contributed by atoms with Gasteiger partial charge in [0, 0.05) is 48.2 Å². The van der Waals surface area contributed by atoms with Gasteiger partial charge in [-0.05, 0) is 88.5 Å². The van der Waals surface area contributed by atoms with Crippen molar-refractivity contribution in [2.45, 2.75) is 108 Å². The number of halogens is 1. The van der Waals surface area contributed by atoms with Crippen LogP contribution in [0.25, 0.3) is 22.3 Å². The third-order valence-electron chi connectivity index (χ3n) is 11.9. The lowest BCUT2D eigenvalue weighted by Gasteiger charge is -2.48. The van der Waals surface area contributed by atoms with E-state index in [9.17, 15) is 9.18 Å². The Balaban J connectivity index is 1.11. The summed E-state index contributed by atoms with van der Waals surface area (Å²) < 4.78 is 16.8. The normalized spacial score (nSPS) is 26.8. The van der Waals surface area contributed by atoms with Gasteiger partial charge in [-0.25, -0.2) is 14.4 Å². The van der Waals surface area contributed by atoms with E-state index in [1.165, 1.54) is 44.0 Å². The van der Waals surface area contributed by atoms with E-state index in [4.69, 9.17) is 9.97 Å². The number of aromatic nitrogens is 4. The van der Waals surface area contributed by atoms with Crippen molar-refractivity contribution in [2.75, 3.05) is 16.8 Å². The van der Waals surface area contributed by atoms with E-state index < -0.39 is 11.2 Å². The zero-order valence-electron chi connectivity index (χ0n) is 26.8. The number of piperidine rings is 1. The smallest absolute Gasteiger partial charge is 0.237 e. The van der Waals surface area contributed by atoms with Crippen LogP contribution in [0, 0.1) is 11.7 Å². The van der Waals surface area contributed by atoms with Crippen molar-refractivity contribution in [1.82, 2.24) is 24.4 Å². The standard InChI is InChI=1S/C37H42FN7O/c1-22(2)44-21-40-32-18-31(42-35(34(32)44)41-30-10-13-39-19-29(30)38)24-7-9-28-33(15-24)45(36(46)37(28)11-4-3-5-12-37)27-16-26(17-27)43-20-23-6-8-25(43)14-23/h7,9-10,13,15,18-19,21-23,25-27H,3-6,8,11-12,14,16-17,20H2,1-2H3,(H,39,41,42)/t23-,25+,26?,27?/m0/s1. The quantitative estimate of drug-likeness (QED) is 0.241. The molecule has 8 nitrogen and oxygen atoms in total. The van der Waals surface area contributed by atoms with Gasteiger partial charge in [0.25, 0.3) is 0 Å². The molecule has 4 aromatic rings. The molecule has 9 heteroatoms. The summed E-state index contributed by atoms with van der Waals surface area (Å²) in [5.74, 6) is 1.31. The van der Waals surface area contributed by atoms with Gasteiger partial charge in [0.2, 0.25) is 5.91 Å². The van der Waals surface area contributed by atoms with Gasteiger partial charge in [0.05, 0.1) is 34.8 Å². The Morgan fingerprint density at radius 3 is 2.59 bits per heavy atom. The molecule has 2 aliphatic heterocycles. The number of likely N-dealkylation sites (tertiary alicyclic amines) is 1. The second-order valence-corrected chi connectivity index (χ2v) is 14.8. The number of carbonyl (C=O) groups excluding carboxylic acids is 1. The molecule has 1 N–H and O–H groups in total. The first-order chi connectivity index (χ1) is 22.4. The molecular formula is C37H42FN7O. The number of nitrogens with one attached hydrogen (secondary N) is 1. The number of anilines is 3. The fraction of sp³-hybridized carbons (Fsp3) is 0.514. The summed E-state index contributed by atoms with van der Waals surface area (Å²) in [5, 5.41) is 3.24. The minimum Gasteiger partial charge on any atom is -0.336 e. The molecule has 0 unspecified atom stereocenters. The van der Waals surface area contributed by atoms with Crippen LogP contribution in [0.3, 0.4) is 0 Å². The fourth-order valence-corrected chi connectivity index (χ4v) is 9.49. The van der Waals surface area contributed by atoms with Crippen molar-refractivity contribution in [2.24, 2.45) is 5.92 Å². The summed E-state index contributed by atoms with van der Waals surface area (Å²) in [4.78, 5) is 33.3. The van der Waals surface area contributed by atoms with Crippen LogP contribution in [0.4, 0.5) is 21.6 Å². The molecule has 4 fully saturated rings. The van der Waals surface area contributed by atoms with Crippen LogP contribution in [-0.2, 0) is 10.2 Å². The third-order valence-corrected chi connectivity index (χ3v) is 11.9. The van der Waals surface area contributed by atoms with Gasteiger partial charge in [-0.15, -0.1) is 0 Å². The molecule has 1 aromatic carbocycles. The lowest BCUT2D eigenvalue weighted by atomic mass is 9.70. The molecule has 1 saturated heterocycles. The Labute approximate surface area is 269 Å². The van der Waals surface area contributed by atoms with E-state index in [0.29, 0.717) is 23.5 Å². The Hall–Kier alpha value is -3.85. The number of carbonyl (C=O) groups is 1. The van der Waals surface area contributed by atoms with E-state index >= 15 is 0 Å². The van der Waals surface area contributed by atoms with E-state index in [1.54, 1.807) is 12.3 Å². The van der Waals surface area contributed by atoms with Crippen molar-refractivity contribution in [1.29, 1.82) is 0 Å². The van der Waals surface area contributed by atoms with Crippen LogP contribution < -0.4 is 10.2 Å². The molecule has 9 rings (SSSR count). The molecule has 1 spiro atoms. The van der Waals surface area contributed by atoms with Gasteiger partial charge in [-0.2, -0.15) is 0 Å². The number of fused-ring (bicyclic) bond motifs is 5. The number of benzene rings is 1.